The molecule has 0 fully saturated rings. The largest absolute Gasteiger partial charge is 0.491 e. The first-order chi connectivity index (χ1) is 19.3. The predicted octanol–water partition coefficient (Wildman–Crippen LogP) is 6.35. The first-order valence-electron chi connectivity index (χ1n) is 13.5. The molecule has 0 spiro atoms. The standard InChI is InChI=1S/C32H32N4O3S/c1-5-8-29-28(31(37)36(21(4)33-29)24-15-17-25(18-16-24)39-20(2)3)19-22-11-13-23(14-12-22)26-9-6-7-10-27(26)30-34-32(38)40-35-30/h6-7,9-18,20H,5,8,19H2,1-4H3,(H,34,35,38). The minimum absolute atomic E-state index is 0.0459. The van der Waals surface area contributed by atoms with Gasteiger partial charge < -0.3 is 4.74 Å². The van der Waals surface area contributed by atoms with Crippen molar-refractivity contribution in [1.29, 1.82) is 0 Å². The molecule has 0 saturated heterocycles. The summed E-state index contributed by atoms with van der Waals surface area (Å²) in [5, 5.41) is 0. The molecule has 0 atom stereocenters. The Morgan fingerprint density at radius 1 is 0.950 bits per heavy atom. The maximum Gasteiger partial charge on any atom is 0.323 e. The average molecular weight is 553 g/mol. The van der Waals surface area contributed by atoms with Crippen molar-refractivity contribution in [2.45, 2.75) is 53.1 Å². The Bertz CT molecular complexity index is 1730. The van der Waals surface area contributed by atoms with Gasteiger partial charge in [0.25, 0.3) is 5.56 Å². The summed E-state index contributed by atoms with van der Waals surface area (Å²) in [4.78, 5) is 33.1. The first-order valence-corrected chi connectivity index (χ1v) is 14.2. The zero-order valence-corrected chi connectivity index (χ0v) is 23.9. The van der Waals surface area contributed by atoms with Gasteiger partial charge in [-0.2, -0.15) is 4.37 Å². The maximum atomic E-state index is 13.9. The van der Waals surface area contributed by atoms with Crippen molar-refractivity contribution in [3.8, 4) is 34.0 Å². The lowest BCUT2D eigenvalue weighted by molar-refractivity contribution is 0.242. The van der Waals surface area contributed by atoms with Gasteiger partial charge in [-0.05, 0) is 68.1 Å². The van der Waals surface area contributed by atoms with Gasteiger partial charge in [0.15, 0.2) is 5.82 Å². The Labute approximate surface area is 237 Å². The average Bonchev–Trinajstić information content (AvgIpc) is 3.38. The molecule has 0 unspecified atom stereocenters. The van der Waals surface area contributed by atoms with Crippen LogP contribution in [0.15, 0.2) is 82.4 Å². The molecule has 0 saturated carbocycles. The summed E-state index contributed by atoms with van der Waals surface area (Å²) in [5.41, 5.74) is 6.16. The number of hydrogen-bond donors (Lipinski definition) is 1. The van der Waals surface area contributed by atoms with Crippen LogP contribution < -0.4 is 15.2 Å². The molecule has 7 nitrogen and oxygen atoms in total. The molecule has 1 N–H and O–H groups in total. The fraction of sp³-hybridized carbons (Fsp3) is 0.250. The van der Waals surface area contributed by atoms with E-state index in [0.29, 0.717) is 23.6 Å². The molecule has 0 amide bonds. The van der Waals surface area contributed by atoms with Crippen LogP contribution in [0.2, 0.25) is 0 Å². The van der Waals surface area contributed by atoms with Crippen LogP contribution in [-0.4, -0.2) is 25.0 Å². The lowest BCUT2D eigenvalue weighted by atomic mass is 9.96. The molecule has 8 heteroatoms. The SMILES string of the molecule is CCCc1nc(C)n(-c2ccc(OC(C)C)cc2)c(=O)c1Cc1ccc(-c2ccccc2-c2nsc(=O)[nH]2)cc1. The quantitative estimate of drug-likeness (QED) is 0.230. The minimum Gasteiger partial charge on any atom is -0.491 e. The number of nitrogens with zero attached hydrogens (tertiary/aromatic N) is 3. The van der Waals surface area contributed by atoms with Gasteiger partial charge in [0.2, 0.25) is 0 Å². The molecule has 0 bridgehead atoms. The van der Waals surface area contributed by atoms with Crippen molar-refractivity contribution in [1.82, 2.24) is 18.9 Å². The minimum atomic E-state index is -0.180. The summed E-state index contributed by atoms with van der Waals surface area (Å²) in [7, 11) is 0. The molecule has 5 aromatic rings. The van der Waals surface area contributed by atoms with Gasteiger partial charge in [0.1, 0.15) is 11.6 Å². The predicted molar refractivity (Wildman–Crippen MR) is 161 cm³/mol. The zero-order valence-electron chi connectivity index (χ0n) is 23.1. The van der Waals surface area contributed by atoms with Gasteiger partial charge in [-0.25, -0.2) is 4.98 Å². The normalized spacial score (nSPS) is 11.2. The van der Waals surface area contributed by atoms with Crippen molar-refractivity contribution in [2.24, 2.45) is 0 Å². The molecular weight excluding hydrogens is 520 g/mol. The molecule has 0 radical (unpaired) electrons. The number of aryl methyl sites for hydroxylation is 2. The number of H-pyrrole nitrogens is 1. The molecule has 0 aliphatic rings. The number of benzene rings is 3. The van der Waals surface area contributed by atoms with Crippen LogP contribution in [0, 0.1) is 6.92 Å². The van der Waals surface area contributed by atoms with Gasteiger partial charge in [0.05, 0.1) is 17.5 Å². The third kappa shape index (κ3) is 5.82. The second-order valence-corrected chi connectivity index (χ2v) is 10.7. The van der Waals surface area contributed by atoms with E-state index in [4.69, 9.17) is 9.72 Å². The molecule has 3 aromatic carbocycles. The highest BCUT2D eigenvalue weighted by Crippen LogP contribution is 2.30. The van der Waals surface area contributed by atoms with Crippen LogP contribution in [0.3, 0.4) is 0 Å². The number of hydrogen-bond acceptors (Lipinski definition) is 6. The molecule has 2 heterocycles. The molecule has 40 heavy (non-hydrogen) atoms. The number of aromatic amines is 1. The summed E-state index contributed by atoms with van der Waals surface area (Å²) in [6.07, 6.45) is 2.20. The van der Waals surface area contributed by atoms with E-state index in [0.717, 1.165) is 63.8 Å². The smallest absolute Gasteiger partial charge is 0.323 e. The van der Waals surface area contributed by atoms with E-state index in [1.54, 1.807) is 4.57 Å². The number of aromatic nitrogens is 4. The summed E-state index contributed by atoms with van der Waals surface area (Å²) in [5.74, 6) is 2.00. The fourth-order valence-corrected chi connectivity index (χ4v) is 5.34. The Kier molecular flexibility index (Phi) is 8.07. The molecule has 5 rings (SSSR count). The Balaban J connectivity index is 1.48. The van der Waals surface area contributed by atoms with Crippen molar-refractivity contribution in [3.63, 3.8) is 0 Å². The number of ether oxygens (including phenoxy) is 1. The zero-order chi connectivity index (χ0) is 28.2. The van der Waals surface area contributed by atoms with Gasteiger partial charge in [0, 0.05) is 29.1 Å². The first kappa shape index (κ1) is 27.3. The van der Waals surface area contributed by atoms with Crippen LogP contribution >= 0.6 is 11.5 Å². The Morgan fingerprint density at radius 3 is 2.27 bits per heavy atom. The highest BCUT2D eigenvalue weighted by molar-refractivity contribution is 7.03. The van der Waals surface area contributed by atoms with E-state index in [9.17, 15) is 9.59 Å². The van der Waals surface area contributed by atoms with E-state index < -0.39 is 0 Å². The molecule has 0 aliphatic heterocycles. The second-order valence-electron chi connectivity index (χ2n) is 10.00. The summed E-state index contributed by atoms with van der Waals surface area (Å²) in [6, 6.07) is 23.6. The van der Waals surface area contributed by atoms with E-state index in [1.165, 1.54) is 0 Å². The highest BCUT2D eigenvalue weighted by atomic mass is 32.1. The second kappa shape index (κ2) is 11.8. The summed E-state index contributed by atoms with van der Waals surface area (Å²) >= 11 is 0.912. The third-order valence-corrected chi connectivity index (χ3v) is 7.19. The van der Waals surface area contributed by atoms with E-state index >= 15 is 0 Å². The van der Waals surface area contributed by atoms with Crippen LogP contribution in [-0.2, 0) is 12.8 Å². The van der Waals surface area contributed by atoms with Crippen LogP contribution in [0.1, 0.15) is 49.8 Å². The monoisotopic (exact) mass is 552 g/mol. The molecule has 0 aliphatic carbocycles. The molecule has 2 aromatic heterocycles. The van der Waals surface area contributed by atoms with Crippen molar-refractivity contribution < 1.29 is 4.74 Å². The van der Waals surface area contributed by atoms with Crippen molar-refractivity contribution >= 4 is 11.5 Å². The Hall–Kier alpha value is -4.30. The van der Waals surface area contributed by atoms with E-state index in [2.05, 4.69) is 16.3 Å². The number of nitrogens with one attached hydrogen (secondary N) is 1. The fourth-order valence-electron chi connectivity index (χ4n) is 4.88. The summed E-state index contributed by atoms with van der Waals surface area (Å²) in [6.45, 7) is 7.95. The van der Waals surface area contributed by atoms with Crippen molar-refractivity contribution in [3.05, 3.63) is 115 Å². The highest BCUT2D eigenvalue weighted by Gasteiger charge is 2.17. The molecule has 204 valence electrons. The van der Waals surface area contributed by atoms with Gasteiger partial charge in [-0.3, -0.25) is 19.1 Å². The number of rotatable bonds is 9. The van der Waals surface area contributed by atoms with E-state index in [1.807, 2.05) is 93.6 Å². The lowest BCUT2D eigenvalue weighted by Crippen LogP contribution is -2.28. The van der Waals surface area contributed by atoms with Crippen LogP contribution in [0.5, 0.6) is 5.75 Å². The molecular formula is C32H32N4O3S. The lowest BCUT2D eigenvalue weighted by Gasteiger charge is -2.16. The Morgan fingerprint density at radius 2 is 1.65 bits per heavy atom. The summed E-state index contributed by atoms with van der Waals surface area (Å²) < 4.78 is 11.7. The van der Waals surface area contributed by atoms with Crippen molar-refractivity contribution in [2.75, 3.05) is 0 Å². The topological polar surface area (TPSA) is 89.9 Å². The third-order valence-electron chi connectivity index (χ3n) is 6.65. The maximum absolute atomic E-state index is 13.9. The van der Waals surface area contributed by atoms with Gasteiger partial charge in [-0.15, -0.1) is 0 Å². The van der Waals surface area contributed by atoms with Crippen LogP contribution in [0.25, 0.3) is 28.2 Å². The van der Waals surface area contributed by atoms with Gasteiger partial charge >= 0.3 is 4.87 Å². The van der Waals surface area contributed by atoms with Gasteiger partial charge in [-0.1, -0.05) is 61.9 Å². The van der Waals surface area contributed by atoms with E-state index in [-0.39, 0.29) is 16.5 Å². The van der Waals surface area contributed by atoms with Crippen LogP contribution in [0.4, 0.5) is 0 Å².